The topological polar surface area (TPSA) is 94.8 Å². The summed E-state index contributed by atoms with van der Waals surface area (Å²) in [6, 6.07) is 0. The molecule has 1 atom stereocenters. The van der Waals surface area contributed by atoms with Crippen LogP contribution in [-0.2, 0) is 9.13 Å². The second kappa shape index (κ2) is 5.84. The van der Waals surface area contributed by atoms with Crippen LogP contribution in [0, 0.1) is 0 Å². The molecule has 0 saturated carbocycles. The van der Waals surface area contributed by atoms with E-state index in [1.165, 1.54) is 25.7 Å². The molecule has 0 aliphatic heterocycles. The predicted octanol–water partition coefficient (Wildman–Crippen LogP) is 2.10. The summed E-state index contributed by atoms with van der Waals surface area (Å²) >= 11 is 0. The van der Waals surface area contributed by atoms with Gasteiger partial charge in [0.25, 0.3) is 0 Å². The Morgan fingerprint density at radius 3 is 1.36 bits per heavy atom. The molecule has 0 spiro atoms. The van der Waals surface area contributed by atoms with Crippen LogP contribution in [-0.4, -0.2) is 21.3 Å². The smallest absolute Gasteiger partial charge is 0.336 e. The molecule has 0 bridgehead atoms. The summed E-state index contributed by atoms with van der Waals surface area (Å²) in [6.45, 7) is 0.619. The van der Waals surface area contributed by atoms with Crippen LogP contribution in [0.15, 0.2) is 12.2 Å². The van der Waals surface area contributed by atoms with Crippen molar-refractivity contribution in [3.05, 3.63) is 12.2 Å². The van der Waals surface area contributed by atoms with E-state index in [4.69, 9.17) is 14.7 Å². The first kappa shape index (κ1) is 14.1. The van der Waals surface area contributed by atoms with E-state index in [9.17, 15) is 9.13 Å². The summed E-state index contributed by atoms with van der Waals surface area (Å²) in [5.74, 6) is 0. The van der Waals surface area contributed by atoms with Gasteiger partial charge in [0.05, 0.1) is 0 Å². The Morgan fingerprint density at radius 1 is 1.00 bits per heavy atom. The first-order valence-electron chi connectivity index (χ1n) is 4.26. The molecule has 1 aliphatic rings. The highest BCUT2D eigenvalue weighted by molar-refractivity contribution is 8.28. The Balaban J connectivity index is 0.000000249. The molecule has 0 aromatic heterocycles. The average Bonchev–Trinajstić information content (AvgIpc) is 2.05. The molecule has 0 radical (unpaired) electrons. The molecule has 5 nitrogen and oxygen atoms in total. The largest absolute Gasteiger partial charge is 0.407 e. The van der Waals surface area contributed by atoms with Crippen molar-refractivity contribution in [2.24, 2.45) is 0 Å². The molecular weight excluding hydrogens is 226 g/mol. The third-order valence-electron chi connectivity index (χ3n) is 1.64. The molecule has 1 unspecified atom stereocenters. The Bertz CT molecular complexity index is 246. The fourth-order valence-corrected chi connectivity index (χ4v) is 0.760. The SMILES string of the molecule is C1=CCCCC1.CP(=O)(O)P(=O)(O)O. The van der Waals surface area contributed by atoms with Crippen molar-refractivity contribution >= 4 is 14.3 Å². The van der Waals surface area contributed by atoms with Gasteiger partial charge < -0.3 is 14.7 Å². The zero-order chi connectivity index (χ0) is 11.2. The molecule has 1 aliphatic carbocycles. The van der Waals surface area contributed by atoms with Gasteiger partial charge in [0.2, 0.25) is 0 Å². The van der Waals surface area contributed by atoms with Gasteiger partial charge in [-0.05, 0) is 25.7 Å². The minimum Gasteiger partial charge on any atom is -0.336 e. The van der Waals surface area contributed by atoms with Crippen molar-refractivity contribution in [1.29, 1.82) is 0 Å². The van der Waals surface area contributed by atoms with Crippen LogP contribution in [0.4, 0.5) is 0 Å². The Hall–Kier alpha value is 0.0800. The van der Waals surface area contributed by atoms with Crippen molar-refractivity contribution in [3.8, 4) is 0 Å². The molecule has 0 heterocycles. The van der Waals surface area contributed by atoms with Crippen LogP contribution < -0.4 is 0 Å². The van der Waals surface area contributed by atoms with Gasteiger partial charge in [-0.25, -0.2) is 4.57 Å². The minimum absolute atomic E-state index is 0.619. The lowest BCUT2D eigenvalue weighted by Crippen LogP contribution is -1.77. The van der Waals surface area contributed by atoms with Gasteiger partial charge in [-0.2, -0.15) is 0 Å². The van der Waals surface area contributed by atoms with E-state index in [1.54, 1.807) is 0 Å². The van der Waals surface area contributed by atoms with Gasteiger partial charge in [0, 0.05) is 6.66 Å². The molecule has 7 heteroatoms. The molecule has 0 aromatic carbocycles. The van der Waals surface area contributed by atoms with E-state index in [2.05, 4.69) is 12.2 Å². The maximum Gasteiger partial charge on any atom is 0.407 e. The zero-order valence-electron chi connectivity index (χ0n) is 8.04. The number of hydrogen-bond donors (Lipinski definition) is 3. The van der Waals surface area contributed by atoms with E-state index < -0.39 is 14.3 Å². The van der Waals surface area contributed by atoms with E-state index >= 15 is 0 Å². The molecular formula is C7H16O5P2. The predicted molar refractivity (Wildman–Crippen MR) is 55.4 cm³/mol. The highest BCUT2D eigenvalue weighted by Gasteiger charge is 2.33. The van der Waals surface area contributed by atoms with Crippen LogP contribution in [0.25, 0.3) is 0 Å². The average molecular weight is 242 g/mol. The first-order valence-corrected chi connectivity index (χ1v) is 8.69. The quantitative estimate of drug-likeness (QED) is 0.483. The van der Waals surface area contributed by atoms with Crippen LogP contribution >= 0.6 is 14.3 Å². The zero-order valence-corrected chi connectivity index (χ0v) is 9.82. The Labute approximate surface area is 83.4 Å². The molecule has 84 valence electrons. The van der Waals surface area contributed by atoms with Crippen molar-refractivity contribution in [3.63, 3.8) is 0 Å². The Morgan fingerprint density at radius 2 is 1.29 bits per heavy atom. The first-order chi connectivity index (χ1) is 6.25. The third kappa shape index (κ3) is 6.52. The lowest BCUT2D eigenvalue weighted by molar-refractivity contribution is 0.378. The summed E-state index contributed by atoms with van der Waals surface area (Å²) < 4.78 is 19.9. The normalized spacial score (nSPS) is 20.6. The van der Waals surface area contributed by atoms with Crippen LogP contribution in [0.1, 0.15) is 25.7 Å². The van der Waals surface area contributed by atoms with Crippen molar-refractivity contribution in [2.75, 3.05) is 6.66 Å². The summed E-state index contributed by atoms with van der Waals surface area (Å²) in [5.41, 5.74) is 0. The lowest BCUT2D eigenvalue weighted by atomic mass is 10.1. The number of allylic oxidation sites excluding steroid dienone is 2. The lowest BCUT2D eigenvalue weighted by Gasteiger charge is -2.04. The number of hydrogen-bond acceptors (Lipinski definition) is 2. The summed E-state index contributed by atoms with van der Waals surface area (Å²) in [4.78, 5) is 24.1. The second-order valence-corrected chi connectivity index (χ2v) is 9.59. The van der Waals surface area contributed by atoms with Crippen molar-refractivity contribution in [1.82, 2.24) is 0 Å². The van der Waals surface area contributed by atoms with E-state index in [0.717, 1.165) is 0 Å². The van der Waals surface area contributed by atoms with Crippen molar-refractivity contribution in [2.45, 2.75) is 25.7 Å². The van der Waals surface area contributed by atoms with E-state index in [-0.39, 0.29) is 0 Å². The van der Waals surface area contributed by atoms with Gasteiger partial charge in [-0.1, -0.05) is 12.2 Å². The van der Waals surface area contributed by atoms with Gasteiger partial charge in [0.15, 0.2) is 0 Å². The molecule has 0 amide bonds. The summed E-state index contributed by atoms with van der Waals surface area (Å²) in [7, 11) is -8.92. The monoisotopic (exact) mass is 242 g/mol. The van der Waals surface area contributed by atoms with Gasteiger partial charge in [0.1, 0.15) is 0 Å². The molecule has 0 aromatic rings. The minimum atomic E-state index is -4.74. The molecule has 0 saturated heterocycles. The van der Waals surface area contributed by atoms with Gasteiger partial charge in [-0.15, -0.1) is 0 Å². The number of rotatable bonds is 1. The van der Waals surface area contributed by atoms with E-state index in [1.807, 2.05) is 0 Å². The van der Waals surface area contributed by atoms with Crippen molar-refractivity contribution < 1.29 is 23.8 Å². The maximum absolute atomic E-state index is 10.0. The Kier molecular flexibility index (Phi) is 5.87. The fraction of sp³-hybridized carbons (Fsp3) is 0.714. The molecule has 0 fully saturated rings. The van der Waals surface area contributed by atoms with Gasteiger partial charge >= 0.3 is 14.3 Å². The van der Waals surface area contributed by atoms with Crippen LogP contribution in [0.5, 0.6) is 0 Å². The van der Waals surface area contributed by atoms with Crippen LogP contribution in [0.2, 0.25) is 0 Å². The molecule has 14 heavy (non-hydrogen) atoms. The summed E-state index contributed by atoms with van der Waals surface area (Å²) in [6.07, 6.45) is 10.0. The van der Waals surface area contributed by atoms with Gasteiger partial charge in [-0.3, -0.25) is 4.57 Å². The second-order valence-electron chi connectivity index (χ2n) is 3.10. The highest BCUT2D eigenvalue weighted by Crippen LogP contribution is 2.71. The third-order valence-corrected chi connectivity index (χ3v) is 5.51. The van der Waals surface area contributed by atoms with Crippen LogP contribution in [0.3, 0.4) is 0 Å². The maximum atomic E-state index is 10.0. The highest BCUT2D eigenvalue weighted by atomic mass is 32.1. The summed E-state index contributed by atoms with van der Waals surface area (Å²) in [5, 5.41) is 0. The molecule has 1 rings (SSSR count). The van der Waals surface area contributed by atoms with E-state index in [0.29, 0.717) is 6.66 Å². The fourth-order valence-electron chi connectivity index (χ4n) is 0.760. The standard InChI is InChI=1S/C6H10.CH6O5P2/c1-2-4-6-5-3-1;1-7(2,3)8(4,5)6/h1-2H,3-6H2;1H3,(H,2,3)(H2,4,5,6). The molecule has 3 N–H and O–H groups in total.